The van der Waals surface area contributed by atoms with Crippen LogP contribution in [0.4, 0.5) is 10.5 Å². The number of aryl methyl sites for hydroxylation is 1. The fourth-order valence-electron chi connectivity index (χ4n) is 2.51. The van der Waals surface area contributed by atoms with Crippen LogP contribution in [0.15, 0.2) is 29.1 Å². The van der Waals surface area contributed by atoms with E-state index in [2.05, 4.69) is 25.9 Å². The van der Waals surface area contributed by atoms with Gasteiger partial charge in [-0.15, -0.1) is 0 Å². The van der Waals surface area contributed by atoms with Crippen molar-refractivity contribution in [2.24, 2.45) is 0 Å². The Bertz CT molecular complexity index is 860. The van der Waals surface area contributed by atoms with Crippen molar-refractivity contribution in [3.8, 4) is 0 Å². The van der Waals surface area contributed by atoms with Gasteiger partial charge in [0, 0.05) is 42.5 Å². The van der Waals surface area contributed by atoms with Gasteiger partial charge in [-0.05, 0) is 38.5 Å². The van der Waals surface area contributed by atoms with Crippen molar-refractivity contribution >= 4 is 17.6 Å². The lowest BCUT2D eigenvalue weighted by molar-refractivity contribution is 0.0955. The monoisotopic (exact) mass is 357 g/mol. The molecule has 2 rings (SSSR count). The van der Waals surface area contributed by atoms with E-state index in [1.54, 1.807) is 32.0 Å². The third kappa shape index (κ3) is 5.17. The first-order valence-electron chi connectivity index (χ1n) is 8.40. The summed E-state index contributed by atoms with van der Waals surface area (Å²) < 4.78 is 0. The van der Waals surface area contributed by atoms with Crippen molar-refractivity contribution in [3.05, 3.63) is 57.3 Å². The summed E-state index contributed by atoms with van der Waals surface area (Å²) in [5.41, 5.74) is 2.18. The van der Waals surface area contributed by atoms with Gasteiger partial charge >= 0.3 is 6.03 Å². The summed E-state index contributed by atoms with van der Waals surface area (Å²) >= 11 is 0. The quantitative estimate of drug-likeness (QED) is 0.627. The zero-order valence-corrected chi connectivity index (χ0v) is 15.1. The minimum absolute atomic E-state index is 0.176. The molecule has 0 aliphatic heterocycles. The molecular formula is C18H23N5O3. The van der Waals surface area contributed by atoms with Gasteiger partial charge in [0.25, 0.3) is 11.5 Å². The minimum Gasteiger partial charge on any atom is -0.352 e. The molecule has 4 N–H and O–H groups in total. The van der Waals surface area contributed by atoms with Crippen LogP contribution in [0.1, 0.15) is 34.4 Å². The lowest BCUT2D eigenvalue weighted by atomic mass is 10.1. The maximum absolute atomic E-state index is 12.1. The van der Waals surface area contributed by atoms with Crippen molar-refractivity contribution in [1.82, 2.24) is 20.6 Å². The van der Waals surface area contributed by atoms with E-state index in [1.165, 1.54) is 6.07 Å². The summed E-state index contributed by atoms with van der Waals surface area (Å²) in [6.07, 6.45) is 0.441. The SMILES string of the molecule is CCNC(=O)c1cccc(NC(=O)NCCc2cc(=O)[nH]c(C)n2)c1C. The number of urea groups is 1. The Morgan fingerprint density at radius 1 is 1.19 bits per heavy atom. The molecule has 1 aromatic carbocycles. The average Bonchev–Trinajstić information content (AvgIpc) is 2.56. The highest BCUT2D eigenvalue weighted by Crippen LogP contribution is 2.18. The largest absolute Gasteiger partial charge is 0.352 e. The Kier molecular flexibility index (Phi) is 6.48. The van der Waals surface area contributed by atoms with Crippen LogP contribution in [0, 0.1) is 13.8 Å². The predicted molar refractivity (Wildman–Crippen MR) is 99.5 cm³/mol. The van der Waals surface area contributed by atoms with Crippen LogP contribution >= 0.6 is 0 Å². The van der Waals surface area contributed by atoms with Gasteiger partial charge in [-0.3, -0.25) is 9.59 Å². The number of hydrogen-bond acceptors (Lipinski definition) is 4. The summed E-state index contributed by atoms with van der Waals surface area (Å²) in [7, 11) is 0. The second-order valence-electron chi connectivity index (χ2n) is 5.79. The molecule has 0 saturated heterocycles. The molecule has 0 bridgehead atoms. The molecular weight excluding hydrogens is 334 g/mol. The molecule has 3 amide bonds. The van der Waals surface area contributed by atoms with Gasteiger partial charge in [-0.1, -0.05) is 6.07 Å². The van der Waals surface area contributed by atoms with E-state index >= 15 is 0 Å². The summed E-state index contributed by atoms with van der Waals surface area (Å²) in [5.74, 6) is 0.361. The van der Waals surface area contributed by atoms with E-state index in [0.29, 0.717) is 47.8 Å². The third-order valence-corrected chi connectivity index (χ3v) is 3.74. The first kappa shape index (κ1) is 19.2. The Hall–Kier alpha value is -3.16. The molecule has 8 heteroatoms. The number of hydrogen-bond donors (Lipinski definition) is 4. The molecule has 0 radical (unpaired) electrons. The number of carbonyl (C=O) groups is 2. The van der Waals surface area contributed by atoms with E-state index in [0.717, 1.165) is 0 Å². The lowest BCUT2D eigenvalue weighted by Crippen LogP contribution is -2.31. The molecule has 0 spiro atoms. The van der Waals surface area contributed by atoms with Gasteiger partial charge in [-0.2, -0.15) is 0 Å². The first-order chi connectivity index (χ1) is 12.4. The smallest absolute Gasteiger partial charge is 0.319 e. The highest BCUT2D eigenvalue weighted by Gasteiger charge is 2.12. The number of anilines is 1. The number of rotatable bonds is 6. The zero-order valence-electron chi connectivity index (χ0n) is 15.1. The molecule has 1 aromatic heterocycles. The van der Waals surface area contributed by atoms with Crippen molar-refractivity contribution < 1.29 is 9.59 Å². The van der Waals surface area contributed by atoms with Crippen molar-refractivity contribution in [3.63, 3.8) is 0 Å². The van der Waals surface area contributed by atoms with Crippen LogP contribution < -0.4 is 21.5 Å². The van der Waals surface area contributed by atoms with Crippen molar-refractivity contribution in [2.45, 2.75) is 27.2 Å². The molecule has 0 atom stereocenters. The average molecular weight is 357 g/mol. The number of aromatic nitrogens is 2. The fraction of sp³-hybridized carbons (Fsp3) is 0.333. The topological polar surface area (TPSA) is 116 Å². The maximum atomic E-state index is 12.1. The highest BCUT2D eigenvalue weighted by molar-refractivity contribution is 5.99. The molecule has 8 nitrogen and oxygen atoms in total. The van der Waals surface area contributed by atoms with E-state index in [1.807, 2.05) is 6.92 Å². The van der Waals surface area contributed by atoms with Crippen molar-refractivity contribution in [2.75, 3.05) is 18.4 Å². The van der Waals surface area contributed by atoms with Crippen molar-refractivity contribution in [1.29, 1.82) is 0 Å². The van der Waals surface area contributed by atoms with Crippen LogP contribution in [0.2, 0.25) is 0 Å². The number of nitrogens with one attached hydrogen (secondary N) is 4. The van der Waals surface area contributed by atoms with Crippen LogP contribution in [0.5, 0.6) is 0 Å². The van der Waals surface area contributed by atoms with Crippen LogP contribution in [0.3, 0.4) is 0 Å². The van der Waals surface area contributed by atoms with Gasteiger partial charge in [0.1, 0.15) is 5.82 Å². The van der Waals surface area contributed by atoms with Gasteiger partial charge < -0.3 is 20.9 Å². The molecule has 138 valence electrons. The Morgan fingerprint density at radius 3 is 2.65 bits per heavy atom. The highest BCUT2D eigenvalue weighted by atomic mass is 16.2. The standard InChI is InChI=1S/C18H23N5O3/c1-4-19-17(25)14-6-5-7-15(11(14)2)23-18(26)20-9-8-13-10-16(24)22-12(3)21-13/h5-7,10H,4,8-9H2,1-3H3,(H,19,25)(H2,20,23,26)(H,21,22,24). The third-order valence-electron chi connectivity index (χ3n) is 3.74. The molecule has 26 heavy (non-hydrogen) atoms. The van der Waals surface area contributed by atoms with E-state index in [4.69, 9.17) is 0 Å². The summed E-state index contributed by atoms with van der Waals surface area (Å²) in [6, 6.07) is 6.19. The Morgan fingerprint density at radius 2 is 1.96 bits per heavy atom. The Balaban J connectivity index is 1.94. The minimum atomic E-state index is -0.386. The second-order valence-corrected chi connectivity index (χ2v) is 5.79. The summed E-state index contributed by atoms with van der Waals surface area (Å²) in [6.45, 7) is 6.20. The van der Waals surface area contributed by atoms with Gasteiger partial charge in [0.05, 0.1) is 0 Å². The Labute approximate surface area is 151 Å². The molecule has 0 aliphatic rings. The number of aromatic amines is 1. The molecule has 0 fully saturated rings. The normalized spacial score (nSPS) is 10.3. The zero-order chi connectivity index (χ0) is 19.1. The summed E-state index contributed by atoms with van der Waals surface area (Å²) in [4.78, 5) is 42.3. The van der Waals surface area contributed by atoms with Gasteiger partial charge in [0.2, 0.25) is 0 Å². The second kappa shape index (κ2) is 8.80. The molecule has 0 aliphatic carbocycles. The van der Waals surface area contributed by atoms with Gasteiger partial charge in [-0.25, -0.2) is 9.78 Å². The number of carbonyl (C=O) groups excluding carboxylic acids is 2. The van der Waals surface area contributed by atoms with E-state index in [-0.39, 0.29) is 17.5 Å². The number of amides is 3. The van der Waals surface area contributed by atoms with E-state index < -0.39 is 0 Å². The lowest BCUT2D eigenvalue weighted by Gasteiger charge is -2.13. The van der Waals surface area contributed by atoms with E-state index in [9.17, 15) is 14.4 Å². The first-order valence-corrected chi connectivity index (χ1v) is 8.40. The number of benzene rings is 1. The number of H-pyrrole nitrogens is 1. The predicted octanol–water partition coefficient (Wildman–Crippen LogP) is 1.50. The fourth-order valence-corrected chi connectivity index (χ4v) is 2.51. The van der Waals surface area contributed by atoms with Gasteiger partial charge in [0.15, 0.2) is 0 Å². The molecule has 0 saturated carbocycles. The van der Waals surface area contributed by atoms with Crippen LogP contribution in [0.25, 0.3) is 0 Å². The molecule has 1 heterocycles. The summed E-state index contributed by atoms with van der Waals surface area (Å²) in [5, 5.41) is 8.20. The number of nitrogens with zero attached hydrogens (tertiary/aromatic N) is 1. The molecule has 0 unspecified atom stereocenters. The molecule has 2 aromatic rings. The maximum Gasteiger partial charge on any atom is 0.319 e. The van der Waals surface area contributed by atoms with Crippen LogP contribution in [-0.2, 0) is 6.42 Å². The van der Waals surface area contributed by atoms with Crippen LogP contribution in [-0.4, -0.2) is 35.0 Å².